The van der Waals surface area contributed by atoms with Gasteiger partial charge in [-0.2, -0.15) is 0 Å². The van der Waals surface area contributed by atoms with Crippen LogP contribution >= 0.6 is 0 Å². The van der Waals surface area contributed by atoms with Crippen molar-refractivity contribution in [2.75, 3.05) is 0 Å². The van der Waals surface area contributed by atoms with Crippen LogP contribution in [0.1, 0.15) is 35.3 Å². The highest BCUT2D eigenvalue weighted by atomic mass is 16.6. The number of aryl methyl sites for hydroxylation is 3. The smallest absolute Gasteiger partial charge is 0.266 e. The lowest BCUT2D eigenvalue weighted by atomic mass is 9.93. The number of hydrogen-bond acceptors (Lipinski definition) is 5. The molecule has 3 aromatic rings. The van der Waals surface area contributed by atoms with E-state index in [2.05, 4.69) is 4.99 Å². The van der Waals surface area contributed by atoms with E-state index in [9.17, 15) is 15.2 Å². The van der Waals surface area contributed by atoms with Gasteiger partial charge in [-0.05, 0) is 44.1 Å². The van der Waals surface area contributed by atoms with Gasteiger partial charge in [0.15, 0.2) is 0 Å². The van der Waals surface area contributed by atoms with E-state index < -0.39 is 16.4 Å². The van der Waals surface area contributed by atoms with Gasteiger partial charge in [-0.25, -0.2) is 0 Å². The van der Waals surface area contributed by atoms with Gasteiger partial charge in [0.2, 0.25) is 0 Å². The third-order valence-corrected chi connectivity index (χ3v) is 4.79. The molecule has 6 heteroatoms. The van der Waals surface area contributed by atoms with Gasteiger partial charge >= 0.3 is 0 Å². The van der Waals surface area contributed by atoms with Crippen LogP contribution in [-0.4, -0.2) is 11.1 Å². The minimum Gasteiger partial charge on any atom is -0.867 e. The lowest BCUT2D eigenvalue weighted by molar-refractivity contribution is -0.398. The van der Waals surface area contributed by atoms with E-state index in [0.717, 1.165) is 42.6 Å². The highest BCUT2D eigenvalue weighted by Crippen LogP contribution is 2.40. The molecule has 0 atom stereocenters. The molecule has 0 N–H and O–H groups in total. The Hall–Kier alpha value is -3.15. The van der Waals surface area contributed by atoms with Crippen LogP contribution in [-0.2, 0) is 12.8 Å². The van der Waals surface area contributed by atoms with Crippen LogP contribution in [0, 0.1) is 17.0 Å². The molecule has 6 nitrogen and oxygen atoms in total. The lowest BCUT2D eigenvalue weighted by Gasteiger charge is -2.14. The van der Waals surface area contributed by atoms with E-state index in [-0.39, 0.29) is 5.56 Å². The fourth-order valence-corrected chi connectivity index (χ4v) is 3.45. The standard InChI is InChI=1S/C20H18N2O4/c1-12-6-8-13(9-7-12)21-11-15-19-14-4-2-3-5-17(14)26-18(19)10-16(20(15)23)22(24)25/h6-11,23H,2-5H2,1H3/p-1. The quantitative estimate of drug-likeness (QED) is 0.399. The lowest BCUT2D eigenvalue weighted by Crippen LogP contribution is -2.04. The fourth-order valence-electron chi connectivity index (χ4n) is 3.45. The van der Waals surface area contributed by atoms with Crippen LogP contribution in [0.15, 0.2) is 39.7 Å². The molecule has 0 spiro atoms. The SMILES string of the molecule is Cc1ccc(N=Cc2c([O-])c([N+](=O)[O-])cc3oc4c(c23)CCCC4)cc1. The first kappa shape index (κ1) is 16.3. The minimum absolute atomic E-state index is 0.238. The van der Waals surface area contributed by atoms with Gasteiger partial charge in [0.25, 0.3) is 5.69 Å². The number of nitro benzene ring substituents is 1. The number of nitro groups is 1. The molecular formula is C20H17N2O4-. The zero-order chi connectivity index (χ0) is 18.3. The van der Waals surface area contributed by atoms with E-state index >= 15 is 0 Å². The predicted molar refractivity (Wildman–Crippen MR) is 97.4 cm³/mol. The first-order valence-corrected chi connectivity index (χ1v) is 8.58. The number of furan rings is 1. The average molecular weight is 349 g/mol. The first-order chi connectivity index (χ1) is 12.5. The van der Waals surface area contributed by atoms with Gasteiger partial charge in [0.05, 0.1) is 16.7 Å². The summed E-state index contributed by atoms with van der Waals surface area (Å²) in [6.45, 7) is 1.98. The Kier molecular flexibility index (Phi) is 3.95. The maximum absolute atomic E-state index is 12.7. The highest BCUT2D eigenvalue weighted by Gasteiger charge is 2.23. The van der Waals surface area contributed by atoms with Crippen molar-refractivity contribution in [1.29, 1.82) is 0 Å². The zero-order valence-electron chi connectivity index (χ0n) is 14.3. The Morgan fingerprint density at radius 3 is 2.65 bits per heavy atom. The Bertz CT molecular complexity index is 1030. The second-order valence-electron chi connectivity index (χ2n) is 6.57. The average Bonchev–Trinajstić information content (AvgIpc) is 3.00. The van der Waals surface area contributed by atoms with E-state index in [1.54, 1.807) is 0 Å². The van der Waals surface area contributed by atoms with Crippen molar-refractivity contribution >= 4 is 28.6 Å². The molecule has 4 rings (SSSR count). The van der Waals surface area contributed by atoms with Gasteiger partial charge in [-0.1, -0.05) is 17.7 Å². The third-order valence-electron chi connectivity index (χ3n) is 4.79. The summed E-state index contributed by atoms with van der Waals surface area (Å²) < 4.78 is 5.84. The van der Waals surface area contributed by atoms with Crippen molar-refractivity contribution in [1.82, 2.24) is 0 Å². The van der Waals surface area contributed by atoms with Crippen molar-refractivity contribution in [3.63, 3.8) is 0 Å². The van der Waals surface area contributed by atoms with E-state index in [1.807, 2.05) is 31.2 Å². The van der Waals surface area contributed by atoms with Crippen molar-refractivity contribution in [2.45, 2.75) is 32.6 Å². The number of nitrogens with zero attached hydrogens (tertiary/aromatic N) is 2. The van der Waals surface area contributed by atoms with Crippen LogP contribution in [0.4, 0.5) is 11.4 Å². The Labute approximate surface area is 149 Å². The Morgan fingerprint density at radius 2 is 1.92 bits per heavy atom. The number of benzene rings is 2. The third kappa shape index (κ3) is 2.73. The van der Waals surface area contributed by atoms with E-state index in [0.29, 0.717) is 16.7 Å². The highest BCUT2D eigenvalue weighted by molar-refractivity contribution is 6.05. The maximum Gasteiger partial charge on any atom is 0.266 e. The largest absolute Gasteiger partial charge is 0.867 e. The molecule has 0 bridgehead atoms. The second-order valence-corrected chi connectivity index (χ2v) is 6.57. The molecule has 1 heterocycles. The second kappa shape index (κ2) is 6.29. The van der Waals surface area contributed by atoms with Gasteiger partial charge in [-0.15, -0.1) is 0 Å². The molecule has 26 heavy (non-hydrogen) atoms. The Balaban J connectivity index is 1.92. The van der Waals surface area contributed by atoms with Crippen molar-refractivity contribution in [3.8, 4) is 5.75 Å². The number of fused-ring (bicyclic) bond motifs is 3. The number of aliphatic imine (C=N–C) groups is 1. The summed E-state index contributed by atoms with van der Waals surface area (Å²) in [5.74, 6) is 0.212. The van der Waals surface area contributed by atoms with E-state index in [4.69, 9.17) is 4.42 Å². The Morgan fingerprint density at radius 1 is 1.19 bits per heavy atom. The minimum atomic E-state index is -0.660. The monoisotopic (exact) mass is 349 g/mol. The molecule has 1 aliphatic rings. The van der Waals surface area contributed by atoms with Crippen LogP contribution < -0.4 is 5.11 Å². The van der Waals surface area contributed by atoms with Gasteiger partial charge in [0.1, 0.15) is 11.3 Å². The molecule has 1 aromatic heterocycles. The van der Waals surface area contributed by atoms with Crippen LogP contribution in [0.5, 0.6) is 5.75 Å². The first-order valence-electron chi connectivity index (χ1n) is 8.58. The molecule has 132 valence electrons. The molecular weight excluding hydrogens is 332 g/mol. The van der Waals surface area contributed by atoms with Crippen LogP contribution in [0.25, 0.3) is 11.0 Å². The van der Waals surface area contributed by atoms with Gasteiger partial charge in [-0.3, -0.25) is 15.1 Å². The molecule has 0 fully saturated rings. The molecule has 0 radical (unpaired) electrons. The molecule has 0 amide bonds. The summed E-state index contributed by atoms with van der Waals surface area (Å²) >= 11 is 0. The molecule has 2 aromatic carbocycles. The predicted octanol–water partition coefficient (Wildman–Crippen LogP) is 4.35. The summed E-state index contributed by atoms with van der Waals surface area (Å²) in [5.41, 5.74) is 2.94. The molecule has 0 saturated heterocycles. The van der Waals surface area contributed by atoms with Crippen LogP contribution in [0.3, 0.4) is 0 Å². The van der Waals surface area contributed by atoms with E-state index in [1.165, 1.54) is 12.3 Å². The van der Waals surface area contributed by atoms with Crippen molar-refractivity contribution < 1.29 is 14.4 Å². The molecule has 1 aliphatic carbocycles. The fraction of sp³-hybridized carbons (Fsp3) is 0.250. The van der Waals surface area contributed by atoms with Crippen molar-refractivity contribution in [3.05, 3.63) is 62.9 Å². The summed E-state index contributed by atoms with van der Waals surface area (Å²) in [4.78, 5) is 15.0. The molecule has 0 saturated carbocycles. The molecule has 0 aliphatic heterocycles. The zero-order valence-corrected chi connectivity index (χ0v) is 14.3. The number of hydrogen-bond donors (Lipinski definition) is 0. The van der Waals surface area contributed by atoms with Crippen molar-refractivity contribution in [2.24, 2.45) is 4.99 Å². The van der Waals surface area contributed by atoms with Crippen LogP contribution in [0.2, 0.25) is 0 Å². The topological polar surface area (TPSA) is 91.7 Å². The van der Waals surface area contributed by atoms with Gasteiger partial charge < -0.3 is 9.52 Å². The maximum atomic E-state index is 12.7. The summed E-state index contributed by atoms with van der Waals surface area (Å²) in [6, 6.07) is 8.78. The summed E-state index contributed by atoms with van der Waals surface area (Å²) in [5, 5.41) is 24.7. The summed E-state index contributed by atoms with van der Waals surface area (Å²) in [6.07, 6.45) is 5.07. The normalized spacial score (nSPS) is 14.0. The van der Waals surface area contributed by atoms with Gasteiger partial charge in [0, 0.05) is 29.1 Å². The number of rotatable bonds is 3. The molecule has 0 unspecified atom stereocenters. The summed E-state index contributed by atoms with van der Waals surface area (Å²) in [7, 11) is 0.